The lowest BCUT2D eigenvalue weighted by Gasteiger charge is -2.09. The number of carbonyl (C=O) groups excluding carboxylic acids is 1. The molecule has 7 heteroatoms. The summed E-state index contributed by atoms with van der Waals surface area (Å²) in [5.74, 6) is 0.894. The van der Waals surface area contributed by atoms with Crippen LogP contribution in [0.3, 0.4) is 0 Å². The fourth-order valence-corrected chi connectivity index (χ4v) is 3.26. The number of nitrogens with one attached hydrogen (secondary N) is 1. The predicted octanol–water partition coefficient (Wildman–Crippen LogP) is 4.14. The number of nitrogens with zero attached hydrogens (tertiary/aromatic N) is 2. The molecule has 0 unspecified atom stereocenters. The molecule has 0 fully saturated rings. The van der Waals surface area contributed by atoms with E-state index >= 15 is 0 Å². The monoisotopic (exact) mass is 371 g/mol. The molecule has 0 aliphatic rings. The zero-order chi connectivity index (χ0) is 18.4. The van der Waals surface area contributed by atoms with Gasteiger partial charge in [0.05, 0.1) is 12.8 Å². The first-order valence-electron chi connectivity index (χ1n) is 8.02. The van der Waals surface area contributed by atoms with Crippen molar-refractivity contribution in [2.24, 2.45) is 0 Å². The van der Waals surface area contributed by atoms with Gasteiger partial charge in [-0.15, -0.1) is 0 Å². The van der Waals surface area contributed by atoms with Gasteiger partial charge in [0.25, 0.3) is 0 Å². The molecule has 0 bridgehead atoms. The predicted molar refractivity (Wildman–Crippen MR) is 100 cm³/mol. The first kappa shape index (κ1) is 18.0. The lowest BCUT2D eigenvalue weighted by atomic mass is 10.3. The molecule has 1 aromatic heterocycles. The smallest absolute Gasteiger partial charge is 0.225 e. The second kappa shape index (κ2) is 8.53. The number of benzene rings is 2. The number of methoxy groups -OCH3 is 1. The molecule has 3 aromatic rings. The van der Waals surface area contributed by atoms with Gasteiger partial charge < -0.3 is 10.1 Å². The molecule has 1 heterocycles. The second-order valence-corrected chi connectivity index (χ2v) is 6.50. The minimum absolute atomic E-state index is 0.122. The van der Waals surface area contributed by atoms with Crippen LogP contribution in [0, 0.1) is 5.82 Å². The Kier molecular flexibility index (Phi) is 5.91. The lowest BCUT2D eigenvalue weighted by Crippen LogP contribution is -2.12. The maximum Gasteiger partial charge on any atom is 0.225 e. The summed E-state index contributed by atoms with van der Waals surface area (Å²) in [4.78, 5) is 16.4. The van der Waals surface area contributed by atoms with Crippen LogP contribution in [0.5, 0.6) is 5.75 Å². The normalized spacial score (nSPS) is 10.5. The second-order valence-electron chi connectivity index (χ2n) is 5.43. The van der Waals surface area contributed by atoms with Crippen molar-refractivity contribution in [1.82, 2.24) is 9.55 Å². The van der Waals surface area contributed by atoms with Gasteiger partial charge in [-0.25, -0.2) is 9.37 Å². The van der Waals surface area contributed by atoms with Crippen LogP contribution in [-0.2, 0) is 4.79 Å². The van der Waals surface area contributed by atoms with E-state index in [4.69, 9.17) is 4.74 Å². The number of anilines is 1. The number of thioether (sulfide) groups is 1. The highest BCUT2D eigenvalue weighted by Crippen LogP contribution is 2.23. The van der Waals surface area contributed by atoms with Crippen molar-refractivity contribution in [2.75, 3.05) is 18.2 Å². The van der Waals surface area contributed by atoms with Crippen LogP contribution < -0.4 is 10.1 Å². The summed E-state index contributed by atoms with van der Waals surface area (Å²) in [5, 5.41) is 3.55. The molecular weight excluding hydrogens is 353 g/mol. The fourth-order valence-electron chi connectivity index (χ4n) is 2.35. The van der Waals surface area contributed by atoms with Crippen molar-refractivity contribution < 1.29 is 13.9 Å². The number of halogens is 1. The van der Waals surface area contributed by atoms with Gasteiger partial charge in [-0.3, -0.25) is 9.36 Å². The number of amides is 1. The molecule has 1 amide bonds. The third kappa shape index (κ3) is 4.64. The Balaban J connectivity index is 1.56. The molecule has 0 saturated heterocycles. The molecule has 5 nitrogen and oxygen atoms in total. The van der Waals surface area contributed by atoms with Crippen molar-refractivity contribution in [3.8, 4) is 11.4 Å². The maximum absolute atomic E-state index is 12.9. The van der Waals surface area contributed by atoms with Crippen LogP contribution in [0.15, 0.2) is 66.1 Å². The van der Waals surface area contributed by atoms with Crippen molar-refractivity contribution >= 4 is 23.4 Å². The molecule has 2 aromatic carbocycles. The molecule has 1 N–H and O–H groups in total. The standard InChI is InChI=1S/C19H18FN3O2S/c1-25-17-4-2-3-16(13-17)23-11-10-21-19(23)26-12-9-18(24)22-15-7-5-14(20)6-8-15/h2-8,10-11,13H,9,12H2,1H3,(H,22,24). The van der Waals surface area contributed by atoms with E-state index in [2.05, 4.69) is 10.3 Å². The molecule has 26 heavy (non-hydrogen) atoms. The quantitative estimate of drug-likeness (QED) is 0.634. The van der Waals surface area contributed by atoms with Gasteiger partial charge in [0.15, 0.2) is 5.16 Å². The first-order chi connectivity index (χ1) is 12.7. The topological polar surface area (TPSA) is 56.2 Å². The molecule has 0 saturated carbocycles. The van der Waals surface area contributed by atoms with Gasteiger partial charge in [0, 0.05) is 36.3 Å². The summed E-state index contributed by atoms with van der Waals surface area (Å²) < 4.78 is 20.1. The Morgan fingerprint density at radius 1 is 1.27 bits per heavy atom. The van der Waals surface area contributed by atoms with Crippen molar-refractivity contribution in [1.29, 1.82) is 0 Å². The van der Waals surface area contributed by atoms with E-state index in [0.717, 1.165) is 16.6 Å². The van der Waals surface area contributed by atoms with Gasteiger partial charge in [-0.1, -0.05) is 17.8 Å². The van der Waals surface area contributed by atoms with E-state index in [1.165, 1.54) is 36.0 Å². The molecular formula is C19H18FN3O2S. The highest BCUT2D eigenvalue weighted by molar-refractivity contribution is 7.99. The minimum atomic E-state index is -0.331. The van der Waals surface area contributed by atoms with Crippen LogP contribution in [0.2, 0.25) is 0 Å². The lowest BCUT2D eigenvalue weighted by molar-refractivity contribution is -0.115. The van der Waals surface area contributed by atoms with Gasteiger partial charge in [0.2, 0.25) is 5.91 Å². The summed E-state index contributed by atoms with van der Waals surface area (Å²) in [6.45, 7) is 0. The van der Waals surface area contributed by atoms with Crippen LogP contribution >= 0.6 is 11.8 Å². The van der Waals surface area contributed by atoms with Crippen molar-refractivity contribution in [3.63, 3.8) is 0 Å². The Morgan fingerprint density at radius 2 is 2.08 bits per heavy atom. The van der Waals surface area contributed by atoms with Crippen molar-refractivity contribution in [2.45, 2.75) is 11.6 Å². The van der Waals surface area contributed by atoms with E-state index in [1.54, 1.807) is 13.3 Å². The van der Waals surface area contributed by atoms with Crippen LogP contribution in [-0.4, -0.2) is 28.3 Å². The van der Waals surface area contributed by atoms with E-state index in [-0.39, 0.29) is 11.7 Å². The van der Waals surface area contributed by atoms with Gasteiger partial charge >= 0.3 is 0 Å². The highest BCUT2D eigenvalue weighted by Gasteiger charge is 2.09. The Morgan fingerprint density at radius 3 is 2.85 bits per heavy atom. The third-order valence-electron chi connectivity index (χ3n) is 3.63. The molecule has 0 radical (unpaired) electrons. The third-order valence-corrected chi connectivity index (χ3v) is 4.60. The maximum atomic E-state index is 12.9. The molecule has 0 atom stereocenters. The first-order valence-corrected chi connectivity index (χ1v) is 9.00. The summed E-state index contributed by atoms with van der Waals surface area (Å²) in [6, 6.07) is 13.4. The molecule has 3 rings (SSSR count). The zero-order valence-corrected chi connectivity index (χ0v) is 15.0. The number of rotatable bonds is 7. The van der Waals surface area contributed by atoms with E-state index in [1.807, 2.05) is 35.0 Å². The van der Waals surface area contributed by atoms with Gasteiger partial charge in [-0.2, -0.15) is 0 Å². The SMILES string of the molecule is COc1cccc(-n2ccnc2SCCC(=O)Nc2ccc(F)cc2)c1. The summed E-state index contributed by atoms with van der Waals surface area (Å²) in [5.41, 5.74) is 1.53. The Bertz CT molecular complexity index is 881. The Hall–Kier alpha value is -2.80. The van der Waals surface area contributed by atoms with E-state index in [9.17, 15) is 9.18 Å². The molecule has 0 aliphatic carbocycles. The fraction of sp³-hybridized carbons (Fsp3) is 0.158. The van der Waals surface area contributed by atoms with Crippen LogP contribution in [0.25, 0.3) is 5.69 Å². The molecule has 0 spiro atoms. The Labute approximate surface area is 155 Å². The summed E-state index contributed by atoms with van der Waals surface area (Å²) in [7, 11) is 1.63. The van der Waals surface area contributed by atoms with Crippen LogP contribution in [0.1, 0.15) is 6.42 Å². The van der Waals surface area contributed by atoms with Crippen molar-refractivity contribution in [3.05, 3.63) is 66.7 Å². The summed E-state index contributed by atoms with van der Waals surface area (Å²) >= 11 is 1.49. The average molecular weight is 371 g/mol. The van der Waals surface area contributed by atoms with E-state index in [0.29, 0.717) is 17.9 Å². The summed E-state index contributed by atoms with van der Waals surface area (Å²) in [6.07, 6.45) is 3.92. The minimum Gasteiger partial charge on any atom is -0.497 e. The van der Waals surface area contributed by atoms with E-state index < -0.39 is 0 Å². The number of carbonyl (C=O) groups is 1. The van der Waals surface area contributed by atoms with Gasteiger partial charge in [-0.05, 0) is 36.4 Å². The largest absolute Gasteiger partial charge is 0.497 e. The molecule has 0 aliphatic heterocycles. The zero-order valence-electron chi connectivity index (χ0n) is 14.2. The average Bonchev–Trinajstić information content (AvgIpc) is 3.12. The highest BCUT2D eigenvalue weighted by atomic mass is 32.2. The van der Waals surface area contributed by atoms with Crippen LogP contribution in [0.4, 0.5) is 10.1 Å². The number of hydrogen-bond donors (Lipinski definition) is 1. The number of imidazole rings is 1. The number of ether oxygens (including phenoxy) is 1. The molecule has 134 valence electrons. The van der Waals surface area contributed by atoms with Gasteiger partial charge in [0.1, 0.15) is 11.6 Å². The number of hydrogen-bond acceptors (Lipinski definition) is 4. The number of aromatic nitrogens is 2.